The van der Waals surface area contributed by atoms with Gasteiger partial charge in [-0.2, -0.15) is 4.39 Å². The van der Waals surface area contributed by atoms with Crippen molar-refractivity contribution >= 4 is 15.9 Å². The minimum atomic E-state index is -1.21. The normalized spacial score (nSPS) is 10.6. The van der Waals surface area contributed by atoms with Crippen LogP contribution in [0.2, 0.25) is 0 Å². The summed E-state index contributed by atoms with van der Waals surface area (Å²) in [5.41, 5.74) is -0.345. The van der Waals surface area contributed by atoms with E-state index in [4.69, 9.17) is 4.74 Å². The molecule has 0 bridgehead atoms. The topological polar surface area (TPSA) is 9.23 Å². The van der Waals surface area contributed by atoms with Gasteiger partial charge in [0.15, 0.2) is 11.6 Å². The molecule has 0 spiro atoms. The number of halogens is 5. The van der Waals surface area contributed by atoms with Crippen molar-refractivity contribution in [2.75, 3.05) is 0 Å². The Hall–Kier alpha value is -1.56. The van der Waals surface area contributed by atoms with E-state index in [2.05, 4.69) is 15.9 Å². The molecule has 0 atom stereocenters. The van der Waals surface area contributed by atoms with Gasteiger partial charge in [-0.05, 0) is 24.3 Å². The van der Waals surface area contributed by atoms with Crippen molar-refractivity contribution in [3.8, 4) is 5.75 Å². The Kier molecular flexibility index (Phi) is 4.09. The Morgan fingerprint density at radius 1 is 0.947 bits per heavy atom. The first-order valence-corrected chi connectivity index (χ1v) is 5.98. The molecule has 0 aliphatic heterocycles. The standard InChI is InChI=1S/C13H7BrF4O/c14-7-4-11(17)13(18)12(5-7)19-6-8-9(15)2-1-3-10(8)16/h1-5H,6H2. The summed E-state index contributed by atoms with van der Waals surface area (Å²) in [7, 11) is 0. The molecule has 0 saturated heterocycles. The molecule has 6 heteroatoms. The molecule has 19 heavy (non-hydrogen) atoms. The molecule has 0 N–H and O–H groups in total. The first-order valence-electron chi connectivity index (χ1n) is 5.19. The molecule has 1 nitrogen and oxygen atoms in total. The van der Waals surface area contributed by atoms with E-state index in [1.54, 1.807) is 0 Å². The van der Waals surface area contributed by atoms with E-state index < -0.39 is 35.6 Å². The maximum Gasteiger partial charge on any atom is 0.200 e. The van der Waals surface area contributed by atoms with E-state index in [0.717, 1.165) is 18.2 Å². The van der Waals surface area contributed by atoms with Gasteiger partial charge in [-0.25, -0.2) is 13.2 Å². The second kappa shape index (κ2) is 5.61. The fourth-order valence-corrected chi connectivity index (χ4v) is 1.87. The lowest BCUT2D eigenvalue weighted by Gasteiger charge is -2.09. The summed E-state index contributed by atoms with van der Waals surface area (Å²) in [5, 5.41) is 0. The Morgan fingerprint density at radius 2 is 1.58 bits per heavy atom. The molecule has 0 heterocycles. The van der Waals surface area contributed by atoms with Crippen LogP contribution in [0.1, 0.15) is 5.56 Å². The molecular formula is C13H7BrF4O. The van der Waals surface area contributed by atoms with Crippen molar-refractivity contribution in [3.05, 3.63) is 63.6 Å². The third-order valence-electron chi connectivity index (χ3n) is 2.39. The summed E-state index contributed by atoms with van der Waals surface area (Å²) >= 11 is 2.97. The summed E-state index contributed by atoms with van der Waals surface area (Å²) in [6, 6.07) is 5.41. The Labute approximate surface area is 114 Å². The average Bonchev–Trinajstić information content (AvgIpc) is 2.34. The van der Waals surface area contributed by atoms with Gasteiger partial charge < -0.3 is 4.74 Å². The molecule has 0 radical (unpaired) electrons. The van der Waals surface area contributed by atoms with Crippen molar-refractivity contribution in [2.24, 2.45) is 0 Å². The second-order valence-electron chi connectivity index (χ2n) is 3.69. The predicted molar refractivity (Wildman–Crippen MR) is 64.7 cm³/mol. The highest BCUT2D eigenvalue weighted by Gasteiger charge is 2.14. The summed E-state index contributed by atoms with van der Waals surface area (Å²) in [6.07, 6.45) is 0. The first kappa shape index (κ1) is 13.9. The van der Waals surface area contributed by atoms with Crippen LogP contribution in [0.4, 0.5) is 17.6 Å². The fourth-order valence-electron chi connectivity index (χ4n) is 1.46. The van der Waals surface area contributed by atoms with E-state index >= 15 is 0 Å². The first-order chi connectivity index (χ1) is 8.99. The van der Waals surface area contributed by atoms with Gasteiger partial charge in [0.05, 0.1) is 5.56 Å². The van der Waals surface area contributed by atoms with Gasteiger partial charge in [0.2, 0.25) is 5.82 Å². The second-order valence-corrected chi connectivity index (χ2v) is 4.60. The molecule has 0 aliphatic carbocycles. The van der Waals surface area contributed by atoms with Crippen molar-refractivity contribution in [3.63, 3.8) is 0 Å². The van der Waals surface area contributed by atoms with Crippen LogP contribution in [0.25, 0.3) is 0 Å². The minimum Gasteiger partial charge on any atom is -0.485 e. The van der Waals surface area contributed by atoms with Gasteiger partial charge in [0.1, 0.15) is 18.2 Å². The SMILES string of the molecule is Fc1cc(Br)cc(OCc2c(F)cccc2F)c1F. The molecule has 0 aliphatic rings. The van der Waals surface area contributed by atoms with Gasteiger partial charge in [0.25, 0.3) is 0 Å². The van der Waals surface area contributed by atoms with Crippen LogP contribution in [0.15, 0.2) is 34.8 Å². The summed E-state index contributed by atoms with van der Waals surface area (Å²) in [6.45, 7) is -0.536. The number of ether oxygens (including phenoxy) is 1. The molecule has 0 fully saturated rings. The highest BCUT2D eigenvalue weighted by molar-refractivity contribution is 9.10. The molecule has 0 unspecified atom stereocenters. The molecule has 2 rings (SSSR count). The molecule has 100 valence electrons. The van der Waals surface area contributed by atoms with Crippen LogP contribution >= 0.6 is 15.9 Å². The van der Waals surface area contributed by atoms with E-state index in [1.165, 1.54) is 12.1 Å². The molecule has 2 aromatic rings. The quantitative estimate of drug-likeness (QED) is 0.589. The van der Waals surface area contributed by atoms with Crippen LogP contribution in [-0.4, -0.2) is 0 Å². The zero-order valence-corrected chi connectivity index (χ0v) is 11.0. The van der Waals surface area contributed by atoms with E-state index in [1.807, 2.05) is 0 Å². The van der Waals surface area contributed by atoms with Crippen molar-refractivity contribution in [2.45, 2.75) is 6.61 Å². The lowest BCUT2D eigenvalue weighted by atomic mass is 10.2. The van der Waals surface area contributed by atoms with Gasteiger partial charge in [-0.15, -0.1) is 0 Å². The van der Waals surface area contributed by atoms with E-state index in [0.29, 0.717) is 0 Å². The largest absolute Gasteiger partial charge is 0.485 e. The van der Waals surface area contributed by atoms with Gasteiger partial charge in [-0.3, -0.25) is 0 Å². The highest BCUT2D eigenvalue weighted by Crippen LogP contribution is 2.26. The minimum absolute atomic E-state index is 0.260. The molecule has 2 aromatic carbocycles. The maximum absolute atomic E-state index is 13.4. The van der Waals surface area contributed by atoms with Crippen LogP contribution < -0.4 is 4.74 Å². The summed E-state index contributed by atoms with van der Waals surface area (Å²) < 4.78 is 58.3. The molecule has 0 aromatic heterocycles. The van der Waals surface area contributed by atoms with Crippen LogP contribution in [0.3, 0.4) is 0 Å². The number of hydrogen-bond acceptors (Lipinski definition) is 1. The van der Waals surface area contributed by atoms with E-state index in [9.17, 15) is 17.6 Å². The number of rotatable bonds is 3. The zero-order chi connectivity index (χ0) is 14.0. The Morgan fingerprint density at radius 3 is 2.21 bits per heavy atom. The zero-order valence-electron chi connectivity index (χ0n) is 9.39. The van der Waals surface area contributed by atoms with E-state index in [-0.39, 0.29) is 10.0 Å². The molecule has 0 amide bonds. The number of hydrogen-bond donors (Lipinski definition) is 0. The van der Waals surface area contributed by atoms with Crippen molar-refractivity contribution in [1.29, 1.82) is 0 Å². The van der Waals surface area contributed by atoms with Crippen molar-refractivity contribution in [1.82, 2.24) is 0 Å². The van der Waals surface area contributed by atoms with Crippen molar-refractivity contribution < 1.29 is 22.3 Å². The summed E-state index contributed by atoms with van der Waals surface area (Å²) in [5.74, 6) is -4.36. The lowest BCUT2D eigenvalue weighted by molar-refractivity contribution is 0.273. The maximum atomic E-state index is 13.4. The number of benzene rings is 2. The van der Waals surface area contributed by atoms with Gasteiger partial charge in [0, 0.05) is 4.47 Å². The van der Waals surface area contributed by atoms with Crippen LogP contribution in [0.5, 0.6) is 5.75 Å². The van der Waals surface area contributed by atoms with Crippen LogP contribution in [-0.2, 0) is 6.61 Å². The fraction of sp³-hybridized carbons (Fsp3) is 0.0769. The Balaban J connectivity index is 2.24. The molecule has 0 saturated carbocycles. The Bertz CT molecular complexity index is 596. The highest BCUT2D eigenvalue weighted by atomic mass is 79.9. The summed E-state index contributed by atoms with van der Waals surface area (Å²) in [4.78, 5) is 0. The van der Waals surface area contributed by atoms with Crippen LogP contribution in [0, 0.1) is 23.3 Å². The smallest absolute Gasteiger partial charge is 0.200 e. The van der Waals surface area contributed by atoms with Gasteiger partial charge in [-0.1, -0.05) is 22.0 Å². The average molecular weight is 335 g/mol. The third-order valence-corrected chi connectivity index (χ3v) is 2.85. The monoisotopic (exact) mass is 334 g/mol. The molecular weight excluding hydrogens is 328 g/mol. The predicted octanol–water partition coefficient (Wildman–Crippen LogP) is 4.58. The van der Waals surface area contributed by atoms with Gasteiger partial charge >= 0.3 is 0 Å². The third kappa shape index (κ3) is 3.07. The lowest BCUT2D eigenvalue weighted by Crippen LogP contribution is -2.03.